The van der Waals surface area contributed by atoms with E-state index < -0.39 is 10.4 Å². The van der Waals surface area contributed by atoms with Crippen LogP contribution in [0.2, 0.25) is 0 Å². The first-order valence-electron chi connectivity index (χ1n) is 8.66. The first-order chi connectivity index (χ1) is 10.1. The molecular weight excluding hydrogens is 295 g/mol. The van der Waals surface area contributed by atoms with Crippen LogP contribution in [0.15, 0.2) is 0 Å². The van der Waals surface area contributed by atoms with Gasteiger partial charge in [0.1, 0.15) is 0 Å². The Balaban J connectivity index is 0. The van der Waals surface area contributed by atoms with Gasteiger partial charge < -0.3 is 4.55 Å². The fourth-order valence-electron chi connectivity index (χ4n) is 2.46. The van der Waals surface area contributed by atoms with Gasteiger partial charge in [0.05, 0.1) is 6.61 Å². The van der Waals surface area contributed by atoms with Crippen molar-refractivity contribution in [3.8, 4) is 0 Å². The zero-order valence-corrected chi connectivity index (χ0v) is 15.5. The topological polar surface area (TPSA) is 66.4 Å². The zero-order chi connectivity index (χ0) is 15.8. The summed E-state index contributed by atoms with van der Waals surface area (Å²) in [4.78, 5) is 0. The zero-order valence-electron chi connectivity index (χ0n) is 14.6. The van der Waals surface area contributed by atoms with Crippen LogP contribution in [0.25, 0.3) is 0 Å². The van der Waals surface area contributed by atoms with Crippen LogP contribution in [0, 0.1) is 0 Å². The van der Waals surface area contributed by atoms with Crippen molar-refractivity contribution >= 4 is 10.4 Å². The molecule has 0 radical (unpaired) electrons. The average Bonchev–Trinajstić information content (AvgIpc) is 2.42. The molecule has 0 bridgehead atoms. The van der Waals surface area contributed by atoms with Gasteiger partial charge in [0.2, 0.25) is 10.4 Å². The first kappa shape index (κ1) is 24.7. The molecule has 4 nitrogen and oxygen atoms in total. The summed E-state index contributed by atoms with van der Waals surface area (Å²) in [5.74, 6) is 0. The predicted molar refractivity (Wildman–Crippen MR) is 86.0 cm³/mol. The van der Waals surface area contributed by atoms with Crippen molar-refractivity contribution in [1.29, 1.82) is 0 Å². The van der Waals surface area contributed by atoms with E-state index in [4.69, 9.17) is 0 Å². The molecule has 0 amide bonds. The van der Waals surface area contributed by atoms with Gasteiger partial charge in [-0.3, -0.25) is 4.18 Å². The molecule has 0 aromatic carbocycles. The minimum Gasteiger partial charge on any atom is -0.726 e. The molecule has 22 heavy (non-hydrogen) atoms. The van der Waals surface area contributed by atoms with E-state index >= 15 is 0 Å². The Morgan fingerprint density at radius 2 is 1.00 bits per heavy atom. The summed E-state index contributed by atoms with van der Waals surface area (Å²) in [5.41, 5.74) is 0. The van der Waals surface area contributed by atoms with Crippen LogP contribution in [0.4, 0.5) is 0 Å². The van der Waals surface area contributed by atoms with Gasteiger partial charge in [0.25, 0.3) is 0 Å². The first-order valence-corrected chi connectivity index (χ1v) is 10.00. The molecule has 0 aromatic heterocycles. The smallest absolute Gasteiger partial charge is 0.726 e. The minimum atomic E-state index is -4.49. The second-order valence-electron chi connectivity index (χ2n) is 5.83. The van der Waals surface area contributed by atoms with E-state index in [1.54, 1.807) is 0 Å². The fraction of sp³-hybridized carbons (Fsp3) is 1.00. The van der Waals surface area contributed by atoms with Crippen LogP contribution in [-0.2, 0) is 14.6 Å². The molecule has 0 spiro atoms. The molecule has 0 heterocycles. The van der Waals surface area contributed by atoms with Crippen molar-refractivity contribution in [2.24, 2.45) is 0 Å². The Kier molecular flexibility index (Phi) is 20.0. The third kappa shape index (κ3) is 22.7. The Bertz CT molecular complexity index is 307. The maximum Gasteiger partial charge on any atom is 1.00 e. The Morgan fingerprint density at radius 3 is 1.32 bits per heavy atom. The molecular formula is C16H33LiO4S. The quantitative estimate of drug-likeness (QED) is 0.188. The summed E-state index contributed by atoms with van der Waals surface area (Å²) >= 11 is 0. The summed E-state index contributed by atoms with van der Waals surface area (Å²) in [6, 6.07) is 0. The van der Waals surface area contributed by atoms with Crippen molar-refractivity contribution in [2.75, 3.05) is 6.61 Å². The van der Waals surface area contributed by atoms with Gasteiger partial charge in [-0.1, -0.05) is 90.4 Å². The van der Waals surface area contributed by atoms with Crippen LogP contribution in [0.1, 0.15) is 96.8 Å². The van der Waals surface area contributed by atoms with Gasteiger partial charge in [0, 0.05) is 0 Å². The van der Waals surface area contributed by atoms with E-state index in [0.29, 0.717) is 6.42 Å². The molecule has 0 aromatic rings. The molecule has 128 valence electrons. The fourth-order valence-corrected chi connectivity index (χ4v) is 2.78. The number of rotatable bonds is 16. The monoisotopic (exact) mass is 328 g/mol. The molecule has 6 heteroatoms. The SMILES string of the molecule is CCCCCCCCCCCCCCCCOS(=O)(=O)[O-].[Li+]. The summed E-state index contributed by atoms with van der Waals surface area (Å²) in [5, 5.41) is 0. The van der Waals surface area contributed by atoms with Crippen LogP contribution >= 0.6 is 0 Å². The third-order valence-electron chi connectivity index (χ3n) is 3.73. The standard InChI is InChI=1S/C16H34O4S.Li/c1-2-3-4-5-6-7-8-9-10-11-12-13-14-15-16-20-21(17,18)19;/h2-16H2,1H3,(H,17,18,19);/q;+1/p-1. The Labute approximate surface area is 149 Å². The van der Waals surface area contributed by atoms with E-state index in [9.17, 15) is 13.0 Å². The molecule has 0 fully saturated rings. The molecule has 0 atom stereocenters. The van der Waals surface area contributed by atoms with Gasteiger partial charge in [-0.25, -0.2) is 8.42 Å². The van der Waals surface area contributed by atoms with Crippen molar-refractivity contribution in [3.05, 3.63) is 0 Å². The predicted octanol–water partition coefficient (Wildman–Crippen LogP) is 1.95. The number of hydrogen-bond donors (Lipinski definition) is 0. The Hall–Kier alpha value is 0.467. The second kappa shape index (κ2) is 17.8. The van der Waals surface area contributed by atoms with Gasteiger partial charge in [-0.2, -0.15) is 0 Å². The van der Waals surface area contributed by atoms with Gasteiger partial charge in [-0.05, 0) is 6.42 Å². The molecule has 0 rings (SSSR count). The largest absolute Gasteiger partial charge is 1.00 e. The van der Waals surface area contributed by atoms with Crippen molar-refractivity contribution in [2.45, 2.75) is 96.8 Å². The molecule has 0 saturated carbocycles. The second-order valence-corrected chi connectivity index (χ2v) is 6.88. The van der Waals surface area contributed by atoms with Gasteiger partial charge in [0.15, 0.2) is 0 Å². The normalized spacial score (nSPS) is 11.4. The molecule has 0 saturated heterocycles. The summed E-state index contributed by atoms with van der Waals surface area (Å²) in [6.45, 7) is 2.28. The van der Waals surface area contributed by atoms with Gasteiger partial charge in [-0.15, -0.1) is 0 Å². The molecule has 0 aliphatic heterocycles. The van der Waals surface area contributed by atoms with Crippen molar-refractivity contribution in [1.82, 2.24) is 0 Å². The van der Waals surface area contributed by atoms with Crippen LogP contribution < -0.4 is 18.9 Å². The average molecular weight is 328 g/mol. The third-order valence-corrected chi connectivity index (χ3v) is 4.18. The maximum absolute atomic E-state index is 10.2. The minimum absolute atomic E-state index is 0. The maximum atomic E-state index is 10.2. The molecule has 0 aliphatic carbocycles. The van der Waals surface area contributed by atoms with Gasteiger partial charge >= 0.3 is 18.9 Å². The van der Waals surface area contributed by atoms with E-state index in [2.05, 4.69) is 11.1 Å². The van der Waals surface area contributed by atoms with E-state index in [1.807, 2.05) is 0 Å². The summed E-state index contributed by atoms with van der Waals surface area (Å²) in [7, 11) is -4.49. The number of hydrogen-bond acceptors (Lipinski definition) is 4. The van der Waals surface area contributed by atoms with E-state index in [1.165, 1.54) is 70.6 Å². The van der Waals surface area contributed by atoms with Crippen LogP contribution in [0.3, 0.4) is 0 Å². The van der Waals surface area contributed by atoms with E-state index in [-0.39, 0.29) is 25.5 Å². The molecule has 0 aliphatic rings. The molecule has 0 unspecified atom stereocenters. The van der Waals surface area contributed by atoms with E-state index in [0.717, 1.165) is 12.8 Å². The summed E-state index contributed by atoms with van der Waals surface area (Å²) < 4.78 is 34.7. The van der Waals surface area contributed by atoms with Crippen LogP contribution in [0.5, 0.6) is 0 Å². The van der Waals surface area contributed by atoms with Crippen molar-refractivity contribution < 1.29 is 36.0 Å². The van der Waals surface area contributed by atoms with Crippen molar-refractivity contribution in [3.63, 3.8) is 0 Å². The summed E-state index contributed by atoms with van der Waals surface area (Å²) in [6.07, 6.45) is 17.4. The van der Waals surface area contributed by atoms with Crippen LogP contribution in [-0.4, -0.2) is 19.6 Å². The Morgan fingerprint density at radius 1 is 0.682 bits per heavy atom. The number of unbranched alkanes of at least 4 members (excludes halogenated alkanes) is 13. The molecule has 0 N–H and O–H groups in total.